The van der Waals surface area contributed by atoms with Gasteiger partial charge in [-0.15, -0.1) is 0 Å². The van der Waals surface area contributed by atoms with E-state index < -0.39 is 22.7 Å². The van der Waals surface area contributed by atoms with Crippen molar-refractivity contribution in [3.63, 3.8) is 0 Å². The molecule has 0 bridgehead atoms. The van der Waals surface area contributed by atoms with Crippen LogP contribution >= 0.6 is 0 Å². The number of rotatable bonds is 5. The number of carbonyl (C=O) groups excluding carboxylic acids is 3. The Hall–Kier alpha value is -3.23. The minimum atomic E-state index is -0.865. The molecule has 0 aliphatic carbocycles. The zero-order valence-corrected chi connectivity index (χ0v) is 14.1. The highest BCUT2D eigenvalue weighted by molar-refractivity contribution is 6.05. The van der Waals surface area contributed by atoms with Crippen molar-refractivity contribution < 1.29 is 24.0 Å². The smallest absolute Gasteiger partial charge is 0.336 e. The zero-order valence-electron chi connectivity index (χ0n) is 14.1. The summed E-state index contributed by atoms with van der Waals surface area (Å²) in [5, 5.41) is 13.2. The van der Waals surface area contributed by atoms with Crippen molar-refractivity contribution in [3.8, 4) is 0 Å². The Kier molecular flexibility index (Phi) is 4.70. The number of fused-ring (bicyclic) bond motifs is 1. The molecule has 9 heteroatoms. The summed E-state index contributed by atoms with van der Waals surface area (Å²) in [6.45, 7) is 0.537. The van der Waals surface area contributed by atoms with Crippen molar-refractivity contribution in [2.24, 2.45) is 5.92 Å². The van der Waals surface area contributed by atoms with Crippen LogP contribution in [0.1, 0.15) is 19.3 Å². The Morgan fingerprint density at radius 1 is 1.35 bits per heavy atom. The molecule has 9 nitrogen and oxygen atoms in total. The lowest BCUT2D eigenvalue weighted by molar-refractivity contribution is -0.384. The van der Waals surface area contributed by atoms with Gasteiger partial charge >= 0.3 is 5.97 Å². The van der Waals surface area contributed by atoms with Crippen LogP contribution in [0.25, 0.3) is 0 Å². The summed E-state index contributed by atoms with van der Waals surface area (Å²) in [5.41, 5.74) is 1.19. The van der Waals surface area contributed by atoms with E-state index in [4.69, 9.17) is 4.74 Å². The van der Waals surface area contributed by atoms with E-state index in [1.807, 2.05) is 0 Å². The summed E-state index contributed by atoms with van der Waals surface area (Å²) < 4.78 is 4.79. The fourth-order valence-electron chi connectivity index (χ4n) is 3.33. The number of methoxy groups -OCH3 is 1. The van der Waals surface area contributed by atoms with Crippen LogP contribution in [-0.2, 0) is 19.1 Å². The Morgan fingerprint density at radius 3 is 2.65 bits per heavy atom. The number of nitro groups is 1. The Balaban J connectivity index is 1.73. The average Bonchev–Trinajstić information content (AvgIpc) is 3.18. The van der Waals surface area contributed by atoms with E-state index in [0.29, 0.717) is 24.4 Å². The van der Waals surface area contributed by atoms with E-state index in [-0.39, 0.29) is 23.6 Å². The number of amides is 2. The summed E-state index contributed by atoms with van der Waals surface area (Å²) in [6, 6.07) is 5.36. The number of nitrogens with zero attached hydrogens (tertiary/aromatic N) is 2. The molecule has 1 fully saturated rings. The monoisotopic (exact) mass is 359 g/mol. The third kappa shape index (κ3) is 3.15. The Bertz CT molecular complexity index is 814. The SMILES string of the molecule is COC(=O)C1=C2CCCN2C(=O)C1CC(=O)Nc1ccc([N+](=O)[O-])cc1. The molecule has 26 heavy (non-hydrogen) atoms. The molecular weight excluding hydrogens is 342 g/mol. The van der Waals surface area contributed by atoms with Crippen LogP contribution in [0.2, 0.25) is 0 Å². The minimum Gasteiger partial charge on any atom is -0.466 e. The van der Waals surface area contributed by atoms with Gasteiger partial charge in [-0.3, -0.25) is 19.7 Å². The molecule has 1 aromatic rings. The highest BCUT2D eigenvalue weighted by atomic mass is 16.6. The molecule has 1 N–H and O–H groups in total. The van der Waals surface area contributed by atoms with E-state index >= 15 is 0 Å². The first-order valence-corrected chi connectivity index (χ1v) is 8.09. The molecule has 3 rings (SSSR count). The van der Waals surface area contributed by atoms with Gasteiger partial charge in [0, 0.05) is 36.5 Å². The first-order chi connectivity index (χ1) is 12.4. The fourth-order valence-corrected chi connectivity index (χ4v) is 3.33. The van der Waals surface area contributed by atoms with Crippen LogP contribution in [-0.4, -0.2) is 41.3 Å². The van der Waals surface area contributed by atoms with Gasteiger partial charge < -0.3 is 15.0 Å². The molecule has 2 amide bonds. The first-order valence-electron chi connectivity index (χ1n) is 8.09. The minimum absolute atomic E-state index is 0.0905. The maximum atomic E-state index is 12.5. The van der Waals surface area contributed by atoms with Crippen molar-refractivity contribution in [2.45, 2.75) is 19.3 Å². The van der Waals surface area contributed by atoms with Crippen molar-refractivity contribution in [1.82, 2.24) is 4.90 Å². The number of esters is 1. The number of carbonyl (C=O) groups is 3. The number of ether oxygens (including phenoxy) is 1. The summed E-state index contributed by atoms with van der Waals surface area (Å²) in [4.78, 5) is 48.6. The predicted octanol–water partition coefficient (Wildman–Crippen LogP) is 1.60. The van der Waals surface area contributed by atoms with E-state index in [9.17, 15) is 24.5 Å². The number of non-ortho nitro benzene ring substituents is 1. The van der Waals surface area contributed by atoms with Gasteiger partial charge in [0.25, 0.3) is 5.69 Å². The second kappa shape index (κ2) is 6.95. The van der Waals surface area contributed by atoms with Gasteiger partial charge in [-0.25, -0.2) is 4.79 Å². The number of anilines is 1. The van der Waals surface area contributed by atoms with E-state index in [1.165, 1.54) is 31.4 Å². The first kappa shape index (κ1) is 17.6. The lowest BCUT2D eigenvalue weighted by Crippen LogP contribution is -2.30. The summed E-state index contributed by atoms with van der Waals surface area (Å²) in [6.07, 6.45) is 1.19. The molecule has 1 aromatic carbocycles. The van der Waals surface area contributed by atoms with Crippen molar-refractivity contribution in [2.75, 3.05) is 19.0 Å². The highest BCUT2D eigenvalue weighted by Crippen LogP contribution is 2.39. The summed E-state index contributed by atoms with van der Waals surface area (Å²) >= 11 is 0. The molecule has 1 atom stereocenters. The Morgan fingerprint density at radius 2 is 2.04 bits per heavy atom. The molecule has 136 valence electrons. The second-order valence-electron chi connectivity index (χ2n) is 6.05. The van der Waals surface area contributed by atoms with Gasteiger partial charge in [0.1, 0.15) is 0 Å². The normalized spacial score (nSPS) is 18.7. The molecule has 2 aliphatic heterocycles. The standard InChI is InChI=1S/C17H17N3O6/c1-26-17(23)15-12(16(22)19-8-2-3-13(15)19)9-14(21)18-10-4-6-11(7-5-10)20(24)25/h4-7,12H,2-3,8-9H2,1H3,(H,18,21). The van der Waals surface area contributed by atoms with Crippen LogP contribution in [0.3, 0.4) is 0 Å². The number of hydrogen-bond acceptors (Lipinski definition) is 6. The number of hydrogen-bond donors (Lipinski definition) is 1. The van der Waals surface area contributed by atoms with E-state index in [1.54, 1.807) is 4.90 Å². The van der Waals surface area contributed by atoms with Gasteiger partial charge in [0.05, 0.1) is 23.5 Å². The van der Waals surface area contributed by atoms with Crippen LogP contribution in [0.4, 0.5) is 11.4 Å². The molecule has 2 heterocycles. The third-order valence-electron chi connectivity index (χ3n) is 4.50. The average molecular weight is 359 g/mol. The number of nitro benzene ring substituents is 1. The maximum Gasteiger partial charge on any atom is 0.336 e. The van der Waals surface area contributed by atoms with Gasteiger partial charge in [-0.05, 0) is 25.0 Å². The van der Waals surface area contributed by atoms with E-state index in [2.05, 4.69) is 5.32 Å². The largest absolute Gasteiger partial charge is 0.466 e. The number of nitrogens with one attached hydrogen (secondary N) is 1. The van der Waals surface area contributed by atoms with Gasteiger partial charge in [0.2, 0.25) is 11.8 Å². The third-order valence-corrected chi connectivity index (χ3v) is 4.50. The summed E-state index contributed by atoms with van der Waals surface area (Å²) in [7, 11) is 1.24. The van der Waals surface area contributed by atoms with E-state index in [0.717, 1.165) is 6.42 Å². The highest BCUT2D eigenvalue weighted by Gasteiger charge is 2.45. The molecule has 0 spiro atoms. The maximum absolute atomic E-state index is 12.5. The molecular formula is C17H17N3O6. The van der Waals surface area contributed by atoms with Crippen LogP contribution in [0, 0.1) is 16.0 Å². The molecule has 1 unspecified atom stereocenters. The second-order valence-corrected chi connectivity index (χ2v) is 6.05. The molecule has 0 radical (unpaired) electrons. The molecule has 0 aromatic heterocycles. The Labute approximate surface area is 148 Å². The topological polar surface area (TPSA) is 119 Å². The molecule has 1 saturated heterocycles. The fraction of sp³-hybridized carbons (Fsp3) is 0.353. The van der Waals surface area contributed by atoms with Crippen LogP contribution in [0.15, 0.2) is 35.5 Å². The molecule has 2 aliphatic rings. The van der Waals surface area contributed by atoms with Crippen molar-refractivity contribution in [3.05, 3.63) is 45.6 Å². The van der Waals surface area contributed by atoms with Gasteiger partial charge in [-0.1, -0.05) is 0 Å². The predicted molar refractivity (Wildman–Crippen MR) is 89.8 cm³/mol. The van der Waals surface area contributed by atoms with Gasteiger partial charge in [0.15, 0.2) is 0 Å². The van der Waals surface area contributed by atoms with Crippen LogP contribution in [0.5, 0.6) is 0 Å². The quantitative estimate of drug-likeness (QED) is 0.484. The van der Waals surface area contributed by atoms with Crippen molar-refractivity contribution >= 4 is 29.2 Å². The number of allylic oxidation sites excluding steroid dienone is 1. The lowest BCUT2D eigenvalue weighted by Gasteiger charge is -2.14. The zero-order chi connectivity index (χ0) is 18.8. The van der Waals surface area contributed by atoms with Crippen molar-refractivity contribution in [1.29, 1.82) is 0 Å². The lowest BCUT2D eigenvalue weighted by atomic mass is 9.95. The molecule has 0 saturated carbocycles. The number of benzene rings is 1. The van der Waals surface area contributed by atoms with Crippen LogP contribution < -0.4 is 5.32 Å². The summed E-state index contributed by atoms with van der Waals surface area (Å²) in [5.74, 6) is -2.18. The van der Waals surface area contributed by atoms with Gasteiger partial charge in [-0.2, -0.15) is 0 Å².